The van der Waals surface area contributed by atoms with Crippen LogP contribution < -0.4 is 22.5 Å². The lowest BCUT2D eigenvalue weighted by atomic mass is 9.84. The number of hydrogen-bond donors (Lipinski definition) is 12. The fourth-order valence-electron chi connectivity index (χ4n) is 4.95. The van der Waals surface area contributed by atoms with Crippen LogP contribution in [0.15, 0.2) is 0 Å². The highest BCUT2D eigenvalue weighted by Gasteiger charge is 2.52. The molecule has 39 heavy (non-hydrogen) atoms. The van der Waals surface area contributed by atoms with Crippen LogP contribution in [0.1, 0.15) is 20.3 Å². The Labute approximate surface area is 225 Å². The van der Waals surface area contributed by atoms with Gasteiger partial charge in [0.15, 0.2) is 12.6 Å². The molecule has 0 unspecified atom stereocenters. The molecule has 0 aromatic carbocycles. The number of rotatable bonds is 6. The molecule has 0 amide bonds. The van der Waals surface area contributed by atoms with Gasteiger partial charge in [-0.05, 0) is 27.3 Å². The topological polar surface area (TPSA) is 323 Å². The highest BCUT2D eigenvalue weighted by molar-refractivity contribution is 7.79. The molecule has 0 aromatic rings. The summed E-state index contributed by atoms with van der Waals surface area (Å²) in [4.78, 5) is 0. The zero-order chi connectivity index (χ0) is 30.0. The van der Waals surface area contributed by atoms with E-state index < -0.39 is 102 Å². The molecule has 0 radical (unpaired) electrons. The zero-order valence-corrected chi connectivity index (χ0v) is 22.5. The third-order valence-corrected chi connectivity index (χ3v) is 6.95. The van der Waals surface area contributed by atoms with E-state index in [9.17, 15) is 30.6 Å². The molecule has 0 aromatic heterocycles. The molecular weight excluding hydrogens is 552 g/mol. The van der Waals surface area contributed by atoms with E-state index in [0.29, 0.717) is 0 Å². The first-order valence-corrected chi connectivity index (χ1v) is 13.5. The molecule has 1 saturated carbocycles. The summed E-state index contributed by atoms with van der Waals surface area (Å²) in [5, 5.41) is 65.2. The molecule has 15 atom stereocenters. The predicted octanol–water partition coefficient (Wildman–Crippen LogP) is -6.27. The number of nitrogens with two attached hydrogens (primary N) is 3. The molecule has 232 valence electrons. The summed E-state index contributed by atoms with van der Waals surface area (Å²) in [7, 11) is -3.09. The lowest BCUT2D eigenvalue weighted by molar-refractivity contribution is -0.319. The smallest absolute Gasteiger partial charge is 0.391 e. The van der Waals surface area contributed by atoms with Gasteiger partial charge >= 0.3 is 10.4 Å². The minimum Gasteiger partial charge on any atom is -0.391 e. The summed E-state index contributed by atoms with van der Waals surface area (Å²) in [5.74, 6) is 0. The Hall–Kier alpha value is -0.690. The van der Waals surface area contributed by atoms with E-state index in [4.69, 9.17) is 53.7 Å². The van der Waals surface area contributed by atoms with Gasteiger partial charge in [-0.25, -0.2) is 0 Å². The number of ether oxygens (including phenoxy) is 4. The van der Waals surface area contributed by atoms with Crippen molar-refractivity contribution in [2.45, 2.75) is 111 Å². The van der Waals surface area contributed by atoms with Crippen molar-refractivity contribution in [3.8, 4) is 0 Å². The van der Waals surface area contributed by atoms with Crippen molar-refractivity contribution in [3.63, 3.8) is 0 Å². The van der Waals surface area contributed by atoms with Crippen LogP contribution in [0.25, 0.3) is 0 Å². The Morgan fingerprint density at radius 3 is 1.90 bits per heavy atom. The lowest BCUT2D eigenvalue weighted by Crippen LogP contribution is -2.69. The van der Waals surface area contributed by atoms with Crippen LogP contribution >= 0.6 is 0 Å². The fourth-order valence-corrected chi connectivity index (χ4v) is 4.95. The molecular formula is C20H42N4O14S. The summed E-state index contributed by atoms with van der Waals surface area (Å²) in [6.45, 7) is 2.75. The molecule has 18 nitrogen and oxygen atoms in total. The molecule has 15 N–H and O–H groups in total. The maximum atomic E-state index is 11.1. The van der Waals surface area contributed by atoms with Crippen LogP contribution in [0.5, 0.6) is 0 Å². The van der Waals surface area contributed by atoms with Crippen molar-refractivity contribution in [2.75, 3.05) is 13.7 Å². The summed E-state index contributed by atoms with van der Waals surface area (Å²) >= 11 is 0. The first kappa shape index (κ1) is 34.5. The molecule has 2 heterocycles. The van der Waals surface area contributed by atoms with E-state index in [1.807, 2.05) is 0 Å². The Morgan fingerprint density at radius 2 is 1.44 bits per heavy atom. The molecule has 3 rings (SSSR count). The van der Waals surface area contributed by atoms with Crippen molar-refractivity contribution in [1.29, 1.82) is 0 Å². The molecule has 2 aliphatic heterocycles. The standard InChI is InChI=1S/C20H40N4O10.H2O4S/c1-6(25)14-11(27)10(26)9(23)18(32-14)33-15-7(21)4-8(22)16(12(15)28)34-19-13(29)17(24-3)20(2,30)5-31-19;1-5(2,3)4/h6-19,24-30H,4-5,21-23H2,1-3H3;(H2,1,2,3,4)/t6-,7+,8-,9-,10-,11+,12+,13-,14-,15-,16+,17-,18-,19-,20+;/m1./s1. The number of likely N-dealkylation sites (N-methyl/N-ethyl adjacent to an activating group) is 1. The van der Waals surface area contributed by atoms with Crippen LogP contribution in [-0.4, -0.2) is 153 Å². The van der Waals surface area contributed by atoms with Gasteiger partial charge in [-0.3, -0.25) is 9.11 Å². The fraction of sp³-hybridized carbons (Fsp3) is 1.00. The van der Waals surface area contributed by atoms with Gasteiger partial charge in [0, 0.05) is 12.1 Å². The van der Waals surface area contributed by atoms with Gasteiger partial charge in [0.05, 0.1) is 24.8 Å². The number of aliphatic hydroxyl groups excluding tert-OH is 5. The van der Waals surface area contributed by atoms with Crippen molar-refractivity contribution in [2.24, 2.45) is 17.2 Å². The second-order valence-electron chi connectivity index (χ2n) is 10.3. The summed E-state index contributed by atoms with van der Waals surface area (Å²) in [6.07, 6.45) is -12.4. The highest BCUT2D eigenvalue weighted by Crippen LogP contribution is 2.32. The summed E-state index contributed by atoms with van der Waals surface area (Å²) < 4.78 is 54.4. The van der Waals surface area contributed by atoms with E-state index in [1.54, 1.807) is 7.05 Å². The van der Waals surface area contributed by atoms with Crippen molar-refractivity contribution >= 4 is 10.4 Å². The molecule has 19 heteroatoms. The number of nitrogens with one attached hydrogen (secondary N) is 1. The molecule has 3 fully saturated rings. The summed E-state index contributed by atoms with van der Waals surface area (Å²) in [6, 6.07) is -3.47. The SMILES string of the molecule is CN[C@@H]1[C@@H](O)[C@@H](O[C@@H]2[C@@H](O)[C@H](O[C@H]3O[C@H]([C@@H](C)O)[C@@H](O)[C@H](O)[C@H]3N)[C@@H](N)C[C@H]2N)OC[C@]1(C)O.O=S(=O)(O)O. The van der Waals surface area contributed by atoms with Crippen molar-refractivity contribution in [3.05, 3.63) is 0 Å². The van der Waals surface area contributed by atoms with Gasteiger partial charge in [0.25, 0.3) is 0 Å². The van der Waals surface area contributed by atoms with Gasteiger partial charge in [0.1, 0.15) is 48.3 Å². The average molecular weight is 595 g/mol. The largest absolute Gasteiger partial charge is 0.394 e. The normalized spacial score (nSPS) is 48.1. The molecule has 1 aliphatic carbocycles. The van der Waals surface area contributed by atoms with Gasteiger partial charge in [-0.2, -0.15) is 8.42 Å². The highest BCUT2D eigenvalue weighted by atomic mass is 32.3. The quantitative estimate of drug-likeness (QED) is 0.127. The summed E-state index contributed by atoms with van der Waals surface area (Å²) in [5.41, 5.74) is 17.0. The van der Waals surface area contributed by atoms with Crippen LogP contribution in [0.2, 0.25) is 0 Å². The first-order chi connectivity index (χ1) is 17.8. The number of aliphatic hydroxyl groups is 6. The zero-order valence-electron chi connectivity index (χ0n) is 21.7. The number of hydrogen-bond acceptors (Lipinski definition) is 16. The van der Waals surface area contributed by atoms with E-state index >= 15 is 0 Å². The Bertz CT molecular complexity index is 876. The second kappa shape index (κ2) is 13.5. The van der Waals surface area contributed by atoms with Gasteiger partial charge in [-0.15, -0.1) is 0 Å². The Kier molecular flexibility index (Phi) is 12.0. The minimum atomic E-state index is -4.67. The van der Waals surface area contributed by atoms with Crippen molar-refractivity contribution in [1.82, 2.24) is 5.32 Å². The average Bonchev–Trinajstić information content (AvgIpc) is 2.79. The minimum absolute atomic E-state index is 0.135. The Balaban J connectivity index is 0.000000976. The van der Waals surface area contributed by atoms with E-state index in [1.165, 1.54) is 13.8 Å². The second-order valence-corrected chi connectivity index (χ2v) is 11.2. The van der Waals surface area contributed by atoms with Gasteiger partial charge in [0.2, 0.25) is 0 Å². The van der Waals surface area contributed by atoms with E-state index in [0.717, 1.165) is 0 Å². The van der Waals surface area contributed by atoms with E-state index in [2.05, 4.69) is 5.32 Å². The van der Waals surface area contributed by atoms with Crippen LogP contribution in [0, 0.1) is 0 Å². The van der Waals surface area contributed by atoms with E-state index in [-0.39, 0.29) is 13.0 Å². The molecule has 0 bridgehead atoms. The van der Waals surface area contributed by atoms with Gasteiger partial charge in [-0.1, -0.05) is 0 Å². The van der Waals surface area contributed by atoms with Crippen LogP contribution in [-0.2, 0) is 29.3 Å². The van der Waals surface area contributed by atoms with Crippen molar-refractivity contribution < 1.29 is 67.1 Å². The third-order valence-electron chi connectivity index (χ3n) is 6.95. The Morgan fingerprint density at radius 1 is 0.949 bits per heavy atom. The molecule has 0 spiro atoms. The van der Waals surface area contributed by atoms with Crippen LogP contribution in [0.4, 0.5) is 0 Å². The first-order valence-electron chi connectivity index (χ1n) is 12.1. The maximum absolute atomic E-state index is 11.1. The van der Waals surface area contributed by atoms with Gasteiger partial charge < -0.3 is 72.1 Å². The monoisotopic (exact) mass is 594 g/mol. The third kappa shape index (κ3) is 8.66. The predicted molar refractivity (Wildman–Crippen MR) is 130 cm³/mol. The maximum Gasteiger partial charge on any atom is 0.394 e. The molecule has 3 aliphatic rings. The lowest BCUT2D eigenvalue weighted by Gasteiger charge is -2.49. The molecule has 2 saturated heterocycles. The van der Waals surface area contributed by atoms with Crippen LogP contribution in [0.3, 0.4) is 0 Å².